The molecule has 3 rings (SSSR count). The molecule has 1 spiro atoms. The second kappa shape index (κ2) is 5.54. The minimum atomic E-state index is -0.622. The maximum Gasteiger partial charge on any atom is 0.223 e. The Kier molecular flexibility index (Phi) is 3.76. The van der Waals surface area contributed by atoms with Gasteiger partial charge in [-0.15, -0.1) is 0 Å². The number of benzene rings is 1. The van der Waals surface area contributed by atoms with Crippen LogP contribution in [-0.2, 0) is 4.79 Å². The van der Waals surface area contributed by atoms with Gasteiger partial charge in [-0.2, -0.15) is 0 Å². The van der Waals surface area contributed by atoms with Crippen LogP contribution in [0, 0.1) is 11.3 Å². The van der Waals surface area contributed by atoms with E-state index in [4.69, 9.17) is 0 Å². The van der Waals surface area contributed by atoms with Crippen LogP contribution in [0.1, 0.15) is 30.9 Å². The number of amides is 1. The molecule has 1 aliphatic heterocycles. The monoisotopic (exact) mass is 274 g/mol. The molecule has 0 aromatic heterocycles. The summed E-state index contributed by atoms with van der Waals surface area (Å²) in [5, 5.41) is 16.3. The van der Waals surface area contributed by atoms with Gasteiger partial charge in [0.25, 0.3) is 0 Å². The molecular formula is C16H22N2O2. The zero-order chi connectivity index (χ0) is 14.0. The highest BCUT2D eigenvalue weighted by Gasteiger charge is 2.57. The second-order valence-electron chi connectivity index (χ2n) is 6.04. The SMILES string of the molecule is O=C(NCC(O)c1ccccc1)C1CC12CCNCC2. The van der Waals surface area contributed by atoms with Crippen LogP contribution < -0.4 is 10.6 Å². The molecule has 4 heteroatoms. The highest BCUT2D eigenvalue weighted by molar-refractivity contribution is 5.82. The fourth-order valence-electron chi connectivity index (χ4n) is 3.31. The summed E-state index contributed by atoms with van der Waals surface area (Å²) in [5.74, 6) is 0.273. The Morgan fingerprint density at radius 3 is 2.75 bits per heavy atom. The van der Waals surface area contributed by atoms with Gasteiger partial charge in [0.1, 0.15) is 0 Å². The molecule has 0 radical (unpaired) electrons. The number of aliphatic hydroxyl groups excluding tert-OH is 1. The van der Waals surface area contributed by atoms with E-state index in [1.54, 1.807) is 0 Å². The van der Waals surface area contributed by atoms with Gasteiger partial charge in [-0.1, -0.05) is 30.3 Å². The number of rotatable bonds is 4. The summed E-state index contributed by atoms with van der Waals surface area (Å²) in [6.07, 6.45) is 2.60. The van der Waals surface area contributed by atoms with E-state index < -0.39 is 6.10 Å². The average molecular weight is 274 g/mol. The Bertz CT molecular complexity index is 469. The molecule has 3 N–H and O–H groups in total. The molecule has 4 nitrogen and oxygen atoms in total. The topological polar surface area (TPSA) is 61.4 Å². The van der Waals surface area contributed by atoms with Gasteiger partial charge in [0.05, 0.1) is 6.10 Å². The Morgan fingerprint density at radius 2 is 2.05 bits per heavy atom. The first kappa shape index (κ1) is 13.6. The molecule has 20 heavy (non-hydrogen) atoms. The van der Waals surface area contributed by atoms with Crippen LogP contribution in [0.2, 0.25) is 0 Å². The lowest BCUT2D eigenvalue weighted by Crippen LogP contribution is -2.35. The van der Waals surface area contributed by atoms with Crippen molar-refractivity contribution in [2.24, 2.45) is 11.3 Å². The van der Waals surface area contributed by atoms with Gasteiger partial charge in [-0.25, -0.2) is 0 Å². The van der Waals surface area contributed by atoms with Crippen molar-refractivity contribution in [3.05, 3.63) is 35.9 Å². The molecule has 1 saturated heterocycles. The fourth-order valence-corrected chi connectivity index (χ4v) is 3.31. The minimum Gasteiger partial charge on any atom is -0.387 e. The Balaban J connectivity index is 1.48. The Morgan fingerprint density at radius 1 is 1.35 bits per heavy atom. The number of hydrogen-bond donors (Lipinski definition) is 3. The number of hydrogen-bond acceptors (Lipinski definition) is 3. The summed E-state index contributed by atoms with van der Waals surface area (Å²) in [6, 6.07) is 9.46. The van der Waals surface area contributed by atoms with Gasteiger partial charge in [-0.05, 0) is 43.3 Å². The van der Waals surface area contributed by atoms with E-state index in [2.05, 4.69) is 10.6 Å². The number of carbonyl (C=O) groups excluding carboxylic acids is 1. The fraction of sp³-hybridized carbons (Fsp3) is 0.562. The first-order valence-electron chi connectivity index (χ1n) is 7.43. The van der Waals surface area contributed by atoms with Crippen molar-refractivity contribution in [2.75, 3.05) is 19.6 Å². The van der Waals surface area contributed by atoms with Gasteiger partial charge in [0.2, 0.25) is 5.91 Å². The molecule has 1 aromatic rings. The van der Waals surface area contributed by atoms with Crippen LogP contribution in [0.25, 0.3) is 0 Å². The highest BCUT2D eigenvalue weighted by atomic mass is 16.3. The third kappa shape index (κ3) is 2.72. The minimum absolute atomic E-state index is 0.113. The van der Waals surface area contributed by atoms with E-state index in [0.717, 1.165) is 37.9 Å². The lowest BCUT2D eigenvalue weighted by molar-refractivity contribution is -0.123. The number of piperidine rings is 1. The van der Waals surface area contributed by atoms with Crippen molar-refractivity contribution in [3.63, 3.8) is 0 Å². The Labute approximate surface area is 119 Å². The first-order chi connectivity index (χ1) is 9.71. The second-order valence-corrected chi connectivity index (χ2v) is 6.04. The Hall–Kier alpha value is -1.39. The highest BCUT2D eigenvalue weighted by Crippen LogP contribution is 2.58. The van der Waals surface area contributed by atoms with Crippen molar-refractivity contribution in [2.45, 2.75) is 25.4 Å². The van der Waals surface area contributed by atoms with Gasteiger partial charge >= 0.3 is 0 Å². The quantitative estimate of drug-likeness (QED) is 0.774. The lowest BCUT2D eigenvalue weighted by Gasteiger charge is -2.23. The standard InChI is InChI=1S/C16H22N2O2/c19-14(12-4-2-1-3-5-12)11-18-15(20)13-10-16(13)6-8-17-9-7-16/h1-5,13-14,17,19H,6-11H2,(H,18,20). The van der Waals surface area contributed by atoms with E-state index in [-0.39, 0.29) is 17.2 Å². The van der Waals surface area contributed by atoms with Crippen LogP contribution in [0.15, 0.2) is 30.3 Å². The summed E-state index contributed by atoms with van der Waals surface area (Å²) >= 11 is 0. The molecule has 1 aliphatic carbocycles. The largest absolute Gasteiger partial charge is 0.387 e. The van der Waals surface area contributed by atoms with Crippen molar-refractivity contribution < 1.29 is 9.90 Å². The van der Waals surface area contributed by atoms with Gasteiger partial charge in [0.15, 0.2) is 0 Å². The summed E-state index contributed by atoms with van der Waals surface area (Å²) in [5.41, 5.74) is 1.10. The molecule has 2 aliphatic rings. The zero-order valence-electron chi connectivity index (χ0n) is 11.6. The van der Waals surface area contributed by atoms with Crippen molar-refractivity contribution in [1.82, 2.24) is 10.6 Å². The van der Waals surface area contributed by atoms with Crippen LogP contribution in [0.5, 0.6) is 0 Å². The summed E-state index contributed by atoms with van der Waals surface area (Å²) < 4.78 is 0. The van der Waals surface area contributed by atoms with Crippen LogP contribution >= 0.6 is 0 Å². The number of carbonyl (C=O) groups is 1. The maximum atomic E-state index is 12.2. The van der Waals surface area contributed by atoms with Crippen LogP contribution in [-0.4, -0.2) is 30.6 Å². The maximum absolute atomic E-state index is 12.2. The molecular weight excluding hydrogens is 252 g/mol. The molecule has 1 saturated carbocycles. The molecule has 1 heterocycles. The van der Waals surface area contributed by atoms with Gasteiger partial charge in [-0.3, -0.25) is 4.79 Å². The summed E-state index contributed by atoms with van der Waals surface area (Å²) in [4.78, 5) is 12.2. The first-order valence-corrected chi connectivity index (χ1v) is 7.43. The predicted molar refractivity (Wildman–Crippen MR) is 77.1 cm³/mol. The van der Waals surface area contributed by atoms with Gasteiger partial charge in [0, 0.05) is 12.5 Å². The number of aliphatic hydroxyl groups is 1. The van der Waals surface area contributed by atoms with E-state index >= 15 is 0 Å². The molecule has 108 valence electrons. The third-order valence-electron chi connectivity index (χ3n) is 4.76. The summed E-state index contributed by atoms with van der Waals surface area (Å²) in [6.45, 7) is 2.35. The third-order valence-corrected chi connectivity index (χ3v) is 4.76. The average Bonchev–Trinajstić information content (AvgIpc) is 3.19. The summed E-state index contributed by atoms with van der Waals surface area (Å²) in [7, 11) is 0. The molecule has 1 amide bonds. The molecule has 2 atom stereocenters. The van der Waals surface area contributed by atoms with Crippen LogP contribution in [0.3, 0.4) is 0 Å². The lowest BCUT2D eigenvalue weighted by atomic mass is 9.92. The molecule has 0 bridgehead atoms. The smallest absolute Gasteiger partial charge is 0.223 e. The van der Waals surface area contributed by atoms with Crippen molar-refractivity contribution in [1.29, 1.82) is 0 Å². The number of nitrogens with one attached hydrogen (secondary N) is 2. The molecule has 2 fully saturated rings. The van der Waals surface area contributed by atoms with Gasteiger partial charge < -0.3 is 15.7 Å². The van der Waals surface area contributed by atoms with E-state index in [1.165, 1.54) is 0 Å². The predicted octanol–water partition coefficient (Wildman–Crippen LogP) is 1.23. The van der Waals surface area contributed by atoms with Crippen LogP contribution in [0.4, 0.5) is 0 Å². The normalized spacial score (nSPS) is 25.1. The van der Waals surface area contributed by atoms with Crippen molar-refractivity contribution >= 4 is 5.91 Å². The molecule has 1 aromatic carbocycles. The van der Waals surface area contributed by atoms with E-state index in [0.29, 0.717) is 6.54 Å². The van der Waals surface area contributed by atoms with E-state index in [1.807, 2.05) is 30.3 Å². The molecule has 2 unspecified atom stereocenters. The van der Waals surface area contributed by atoms with Crippen molar-refractivity contribution in [3.8, 4) is 0 Å². The zero-order valence-corrected chi connectivity index (χ0v) is 11.6. The van der Waals surface area contributed by atoms with E-state index in [9.17, 15) is 9.90 Å².